The molecule has 0 aromatic heterocycles. The van der Waals surface area contributed by atoms with E-state index in [4.69, 9.17) is 4.74 Å². The van der Waals surface area contributed by atoms with Gasteiger partial charge in [0, 0.05) is 6.08 Å². The monoisotopic (exact) mass is 158 g/mol. The maximum Gasteiger partial charge on any atom is 0.332 e. The predicted molar refractivity (Wildman–Crippen MR) is 41.8 cm³/mol. The minimum absolute atomic E-state index is 0.0162. The average molecular weight is 158 g/mol. The zero-order valence-electron chi connectivity index (χ0n) is 6.09. The highest BCUT2D eigenvalue weighted by Crippen LogP contribution is 2.24. The van der Waals surface area contributed by atoms with E-state index in [1.807, 2.05) is 13.8 Å². The lowest BCUT2D eigenvalue weighted by atomic mass is 10.3. The van der Waals surface area contributed by atoms with Crippen LogP contribution in [0.4, 0.5) is 0 Å². The SMILES string of the molecule is CCSC1OC(=O)C=C1C. The van der Waals surface area contributed by atoms with E-state index in [1.54, 1.807) is 17.8 Å². The number of carbonyl (C=O) groups excluding carboxylic acids is 1. The van der Waals surface area contributed by atoms with Gasteiger partial charge in [-0.05, 0) is 18.2 Å². The second kappa shape index (κ2) is 3.10. The molecule has 0 aliphatic carbocycles. The molecule has 1 aliphatic heterocycles. The summed E-state index contributed by atoms with van der Waals surface area (Å²) >= 11 is 1.64. The number of ether oxygens (including phenoxy) is 1. The van der Waals surface area contributed by atoms with Crippen LogP contribution in [0.5, 0.6) is 0 Å². The number of carbonyl (C=O) groups is 1. The Hall–Kier alpha value is -0.440. The van der Waals surface area contributed by atoms with Crippen LogP contribution in [0, 0.1) is 0 Å². The van der Waals surface area contributed by atoms with Gasteiger partial charge >= 0.3 is 5.97 Å². The van der Waals surface area contributed by atoms with Crippen molar-refractivity contribution in [2.75, 3.05) is 5.75 Å². The van der Waals surface area contributed by atoms with E-state index in [9.17, 15) is 4.79 Å². The van der Waals surface area contributed by atoms with Gasteiger partial charge in [0.25, 0.3) is 0 Å². The second-order valence-corrected chi connectivity index (χ2v) is 3.45. The molecule has 0 N–H and O–H groups in total. The lowest BCUT2D eigenvalue weighted by molar-refractivity contribution is -0.136. The molecule has 56 valence electrons. The van der Waals surface area contributed by atoms with Gasteiger partial charge in [0.15, 0.2) is 5.44 Å². The third-order valence-corrected chi connectivity index (χ3v) is 2.36. The summed E-state index contributed by atoms with van der Waals surface area (Å²) in [4.78, 5) is 10.6. The normalized spacial score (nSPS) is 24.4. The van der Waals surface area contributed by atoms with Gasteiger partial charge in [-0.3, -0.25) is 0 Å². The highest BCUT2D eigenvalue weighted by molar-refractivity contribution is 7.99. The summed E-state index contributed by atoms with van der Waals surface area (Å²) in [6.07, 6.45) is 1.55. The van der Waals surface area contributed by atoms with Gasteiger partial charge < -0.3 is 4.74 Å². The number of hydrogen-bond donors (Lipinski definition) is 0. The minimum atomic E-state index is -0.205. The second-order valence-electron chi connectivity index (χ2n) is 2.11. The molecule has 1 heterocycles. The van der Waals surface area contributed by atoms with Crippen LogP contribution in [0.15, 0.2) is 11.6 Å². The molecule has 2 nitrogen and oxygen atoms in total. The average Bonchev–Trinajstić information content (AvgIpc) is 2.13. The fraction of sp³-hybridized carbons (Fsp3) is 0.571. The molecule has 3 heteroatoms. The van der Waals surface area contributed by atoms with Crippen molar-refractivity contribution < 1.29 is 9.53 Å². The summed E-state index contributed by atoms with van der Waals surface area (Å²) < 4.78 is 4.95. The van der Waals surface area contributed by atoms with Gasteiger partial charge in [0.1, 0.15) is 0 Å². The van der Waals surface area contributed by atoms with Gasteiger partial charge in [-0.2, -0.15) is 0 Å². The van der Waals surface area contributed by atoms with Gasteiger partial charge in [0.2, 0.25) is 0 Å². The van der Waals surface area contributed by atoms with Crippen LogP contribution in [0.1, 0.15) is 13.8 Å². The third-order valence-electron chi connectivity index (χ3n) is 1.26. The van der Waals surface area contributed by atoms with E-state index in [-0.39, 0.29) is 11.4 Å². The summed E-state index contributed by atoms with van der Waals surface area (Å²) in [5.74, 6) is 0.770. The van der Waals surface area contributed by atoms with Crippen molar-refractivity contribution in [2.24, 2.45) is 0 Å². The molecule has 0 aromatic carbocycles. The molecule has 1 atom stereocenters. The fourth-order valence-electron chi connectivity index (χ4n) is 0.803. The molecule has 0 radical (unpaired) electrons. The fourth-order valence-corrected chi connectivity index (χ4v) is 1.60. The summed E-state index contributed by atoms with van der Waals surface area (Å²) in [6, 6.07) is 0. The first kappa shape index (κ1) is 7.66. The molecule has 0 spiro atoms. The molecule has 1 aliphatic rings. The Balaban J connectivity index is 2.51. The Morgan fingerprint density at radius 1 is 1.80 bits per heavy atom. The Morgan fingerprint density at radius 3 is 2.90 bits per heavy atom. The van der Waals surface area contributed by atoms with E-state index >= 15 is 0 Å². The largest absolute Gasteiger partial charge is 0.443 e. The summed E-state index contributed by atoms with van der Waals surface area (Å²) in [5.41, 5.74) is 1.01. The standard InChI is InChI=1S/C7H10O2S/c1-3-10-7-5(2)4-6(8)9-7/h4,7H,3H2,1-2H3. The van der Waals surface area contributed by atoms with Crippen LogP contribution in [0.25, 0.3) is 0 Å². The molecule has 1 unspecified atom stereocenters. The Bertz CT molecular complexity index is 174. The molecule has 0 bridgehead atoms. The van der Waals surface area contributed by atoms with Crippen LogP contribution in [0.2, 0.25) is 0 Å². The van der Waals surface area contributed by atoms with Crippen molar-refractivity contribution in [3.8, 4) is 0 Å². The van der Waals surface area contributed by atoms with Crippen molar-refractivity contribution in [1.29, 1.82) is 0 Å². The molecule has 0 saturated heterocycles. The van der Waals surface area contributed by atoms with Crippen molar-refractivity contribution in [2.45, 2.75) is 19.3 Å². The zero-order valence-corrected chi connectivity index (χ0v) is 6.90. The maximum absolute atomic E-state index is 10.6. The predicted octanol–water partition coefficient (Wildman–Crippen LogP) is 1.57. The number of esters is 1. The highest BCUT2D eigenvalue weighted by atomic mass is 32.2. The van der Waals surface area contributed by atoms with E-state index in [0.717, 1.165) is 11.3 Å². The first-order valence-corrected chi connectivity index (χ1v) is 4.29. The number of cyclic esters (lactones) is 1. The molecule has 0 aromatic rings. The van der Waals surface area contributed by atoms with Crippen molar-refractivity contribution in [3.05, 3.63) is 11.6 Å². The third kappa shape index (κ3) is 1.53. The van der Waals surface area contributed by atoms with Gasteiger partial charge in [-0.25, -0.2) is 4.79 Å². The molecule has 10 heavy (non-hydrogen) atoms. The molecule has 0 fully saturated rings. The number of hydrogen-bond acceptors (Lipinski definition) is 3. The Morgan fingerprint density at radius 2 is 2.50 bits per heavy atom. The topological polar surface area (TPSA) is 26.3 Å². The number of thioether (sulfide) groups is 1. The van der Waals surface area contributed by atoms with Crippen LogP contribution in [-0.2, 0) is 9.53 Å². The van der Waals surface area contributed by atoms with Crippen molar-refractivity contribution >= 4 is 17.7 Å². The quantitative estimate of drug-likeness (QED) is 0.570. The van der Waals surface area contributed by atoms with E-state index in [0.29, 0.717) is 0 Å². The zero-order chi connectivity index (χ0) is 7.56. The first-order valence-electron chi connectivity index (χ1n) is 3.24. The van der Waals surface area contributed by atoms with Crippen molar-refractivity contribution in [1.82, 2.24) is 0 Å². The molecular weight excluding hydrogens is 148 g/mol. The molecule has 1 rings (SSSR count). The Kier molecular flexibility index (Phi) is 2.38. The van der Waals surface area contributed by atoms with Crippen LogP contribution in [0.3, 0.4) is 0 Å². The lowest BCUT2D eigenvalue weighted by Gasteiger charge is -2.08. The van der Waals surface area contributed by atoms with Gasteiger partial charge in [-0.1, -0.05) is 6.92 Å². The highest BCUT2D eigenvalue weighted by Gasteiger charge is 2.21. The smallest absolute Gasteiger partial charge is 0.332 e. The van der Waals surface area contributed by atoms with Gasteiger partial charge in [0.05, 0.1) is 0 Å². The van der Waals surface area contributed by atoms with E-state index < -0.39 is 0 Å². The molecular formula is C7H10O2S. The van der Waals surface area contributed by atoms with Crippen LogP contribution in [-0.4, -0.2) is 17.2 Å². The van der Waals surface area contributed by atoms with E-state index in [1.165, 1.54) is 0 Å². The Labute approximate surface area is 64.6 Å². The van der Waals surface area contributed by atoms with Crippen LogP contribution >= 0.6 is 11.8 Å². The summed E-state index contributed by atoms with van der Waals surface area (Å²) in [7, 11) is 0. The minimum Gasteiger partial charge on any atom is -0.443 e. The first-order chi connectivity index (χ1) is 4.74. The summed E-state index contributed by atoms with van der Waals surface area (Å²) in [5, 5.41) is 0. The molecule has 0 saturated carbocycles. The van der Waals surface area contributed by atoms with Crippen LogP contribution < -0.4 is 0 Å². The number of rotatable bonds is 2. The van der Waals surface area contributed by atoms with E-state index in [2.05, 4.69) is 0 Å². The van der Waals surface area contributed by atoms with Gasteiger partial charge in [-0.15, -0.1) is 11.8 Å². The molecule has 0 amide bonds. The lowest BCUT2D eigenvalue weighted by Crippen LogP contribution is -2.05. The van der Waals surface area contributed by atoms with Crippen molar-refractivity contribution in [3.63, 3.8) is 0 Å². The summed E-state index contributed by atoms with van der Waals surface area (Å²) in [6.45, 7) is 3.96. The maximum atomic E-state index is 10.6.